The van der Waals surface area contributed by atoms with Gasteiger partial charge in [0.1, 0.15) is 11.5 Å². The molecule has 0 bridgehead atoms. The number of hydrogen-bond acceptors (Lipinski definition) is 5. The van der Waals surface area contributed by atoms with E-state index in [2.05, 4.69) is 19.2 Å². The van der Waals surface area contributed by atoms with Crippen molar-refractivity contribution < 1.29 is 19.1 Å². The first-order chi connectivity index (χ1) is 14.8. The summed E-state index contributed by atoms with van der Waals surface area (Å²) in [5.41, 5.74) is 3.60. The highest BCUT2D eigenvalue weighted by atomic mass is 16.5. The van der Waals surface area contributed by atoms with Crippen LogP contribution in [0.1, 0.15) is 45.2 Å². The third-order valence-corrected chi connectivity index (χ3v) is 5.98. The maximum Gasteiger partial charge on any atom is 0.224 e. The lowest BCUT2D eigenvalue weighted by Crippen LogP contribution is -2.38. The lowest BCUT2D eigenvalue weighted by atomic mass is 9.73. The van der Waals surface area contributed by atoms with Crippen molar-refractivity contribution in [1.82, 2.24) is 0 Å². The van der Waals surface area contributed by atoms with Gasteiger partial charge in [0.25, 0.3) is 0 Å². The molecule has 1 amide bonds. The number of anilines is 2. The quantitative estimate of drug-likeness (QED) is 0.768. The number of methoxy groups -OCH3 is 2. The molecule has 6 nitrogen and oxygen atoms in total. The molecule has 1 aliphatic heterocycles. The number of carbonyl (C=O) groups excluding carboxylic acids is 2. The largest absolute Gasteiger partial charge is 0.497 e. The van der Waals surface area contributed by atoms with E-state index in [4.69, 9.17) is 9.47 Å². The molecule has 0 saturated heterocycles. The van der Waals surface area contributed by atoms with Gasteiger partial charge in [0.05, 0.1) is 31.6 Å². The van der Waals surface area contributed by atoms with Crippen LogP contribution in [0.3, 0.4) is 0 Å². The molecule has 1 heterocycles. The molecule has 1 N–H and O–H groups in total. The Balaban J connectivity index is 2.03. The Kier molecular flexibility index (Phi) is 5.25. The fraction of sp³-hybridized carbons (Fsp3) is 0.360. The number of ketones is 1. The van der Waals surface area contributed by atoms with Gasteiger partial charge in [-0.05, 0) is 36.1 Å². The van der Waals surface area contributed by atoms with Crippen molar-refractivity contribution >= 4 is 23.1 Å². The number of para-hydroxylation sites is 2. The topological polar surface area (TPSA) is 67.9 Å². The number of allylic oxidation sites excluding steroid dienone is 1. The third-order valence-electron chi connectivity index (χ3n) is 5.98. The monoisotopic (exact) mass is 420 g/mol. The number of fused-ring (bicyclic) bond motifs is 1. The van der Waals surface area contributed by atoms with Crippen LogP contribution in [0.15, 0.2) is 53.7 Å². The molecule has 2 aliphatic rings. The number of Topliss-reactive ketones (excluding diaryl/α,β-unsaturated/α-hetero) is 1. The minimum absolute atomic E-state index is 0.0423. The summed E-state index contributed by atoms with van der Waals surface area (Å²) in [4.78, 5) is 28.2. The Hall–Kier alpha value is -3.28. The van der Waals surface area contributed by atoms with Gasteiger partial charge in [-0.1, -0.05) is 26.0 Å². The van der Waals surface area contributed by atoms with E-state index in [0.717, 1.165) is 22.6 Å². The molecule has 0 fully saturated rings. The molecule has 1 unspecified atom stereocenters. The second-order valence-corrected chi connectivity index (χ2v) is 8.87. The predicted molar refractivity (Wildman–Crippen MR) is 121 cm³/mol. The van der Waals surface area contributed by atoms with Gasteiger partial charge in [0.2, 0.25) is 5.91 Å². The van der Waals surface area contributed by atoms with Crippen LogP contribution in [0.25, 0.3) is 0 Å². The van der Waals surface area contributed by atoms with Gasteiger partial charge in [-0.25, -0.2) is 0 Å². The average molecular weight is 421 g/mol. The summed E-state index contributed by atoms with van der Waals surface area (Å²) in [5, 5.41) is 3.49. The molecule has 0 aromatic heterocycles. The molecular formula is C25H28N2O4. The number of amides is 1. The third kappa shape index (κ3) is 3.67. The number of carbonyl (C=O) groups is 2. The Morgan fingerprint density at radius 2 is 1.84 bits per heavy atom. The van der Waals surface area contributed by atoms with E-state index in [0.29, 0.717) is 29.9 Å². The molecule has 6 heteroatoms. The smallest absolute Gasteiger partial charge is 0.224 e. The zero-order valence-electron chi connectivity index (χ0n) is 18.6. The van der Waals surface area contributed by atoms with Crippen LogP contribution in [-0.4, -0.2) is 25.9 Å². The number of nitrogens with zero attached hydrogens (tertiary/aromatic N) is 1. The fourth-order valence-electron chi connectivity index (χ4n) is 4.67. The molecule has 4 rings (SSSR count). The zero-order chi connectivity index (χ0) is 22.3. The van der Waals surface area contributed by atoms with Gasteiger partial charge in [-0.15, -0.1) is 0 Å². The van der Waals surface area contributed by atoms with E-state index in [1.165, 1.54) is 6.92 Å². The van der Waals surface area contributed by atoms with Gasteiger partial charge >= 0.3 is 0 Å². The molecule has 0 spiro atoms. The highest BCUT2D eigenvalue weighted by Gasteiger charge is 2.43. The molecule has 2 aromatic carbocycles. The van der Waals surface area contributed by atoms with E-state index < -0.39 is 6.04 Å². The first-order valence-electron chi connectivity index (χ1n) is 10.4. The van der Waals surface area contributed by atoms with Crippen molar-refractivity contribution in [2.24, 2.45) is 5.41 Å². The molecule has 162 valence electrons. The van der Waals surface area contributed by atoms with Crippen LogP contribution in [0.4, 0.5) is 11.4 Å². The first kappa shape index (κ1) is 21.0. The lowest BCUT2D eigenvalue weighted by Gasteiger charge is -2.37. The van der Waals surface area contributed by atoms with E-state index in [1.807, 2.05) is 36.4 Å². The Labute approximate surface area is 182 Å². The molecular weight excluding hydrogens is 392 g/mol. The first-order valence-corrected chi connectivity index (χ1v) is 10.4. The van der Waals surface area contributed by atoms with Crippen molar-refractivity contribution in [2.45, 2.75) is 39.7 Å². The maximum atomic E-state index is 13.5. The second kappa shape index (κ2) is 7.76. The molecule has 1 aliphatic carbocycles. The number of hydrogen-bond donors (Lipinski definition) is 1. The van der Waals surface area contributed by atoms with Crippen LogP contribution in [0, 0.1) is 5.41 Å². The van der Waals surface area contributed by atoms with Gasteiger partial charge < -0.3 is 14.8 Å². The molecule has 2 aromatic rings. The molecule has 1 atom stereocenters. The fourth-order valence-corrected chi connectivity index (χ4v) is 4.67. The number of ether oxygens (including phenoxy) is 2. The molecule has 0 radical (unpaired) electrons. The lowest BCUT2D eigenvalue weighted by molar-refractivity contribution is -0.118. The average Bonchev–Trinajstić information content (AvgIpc) is 2.86. The predicted octanol–water partition coefficient (Wildman–Crippen LogP) is 4.87. The molecule has 31 heavy (non-hydrogen) atoms. The van der Waals surface area contributed by atoms with E-state index in [1.54, 1.807) is 25.2 Å². The zero-order valence-corrected chi connectivity index (χ0v) is 18.6. The highest BCUT2D eigenvalue weighted by Crippen LogP contribution is 2.50. The van der Waals surface area contributed by atoms with Crippen molar-refractivity contribution in [3.63, 3.8) is 0 Å². The van der Waals surface area contributed by atoms with Crippen LogP contribution in [0.5, 0.6) is 11.5 Å². The van der Waals surface area contributed by atoms with Crippen molar-refractivity contribution in [3.8, 4) is 11.5 Å². The SMILES string of the molecule is COc1ccc(C2C3=C(CC(C)(C)CC3=O)Nc3ccccc3N2C(C)=O)c(OC)c1. The van der Waals surface area contributed by atoms with Crippen molar-refractivity contribution in [1.29, 1.82) is 0 Å². The maximum absolute atomic E-state index is 13.5. The van der Waals surface area contributed by atoms with Gasteiger partial charge in [-0.3, -0.25) is 14.5 Å². The van der Waals surface area contributed by atoms with Crippen LogP contribution >= 0.6 is 0 Å². The van der Waals surface area contributed by atoms with Crippen molar-refractivity contribution in [3.05, 3.63) is 59.3 Å². The summed E-state index contributed by atoms with van der Waals surface area (Å²) in [5.74, 6) is 1.11. The highest BCUT2D eigenvalue weighted by molar-refractivity contribution is 6.06. The van der Waals surface area contributed by atoms with Gasteiger partial charge in [0.15, 0.2) is 5.78 Å². The summed E-state index contributed by atoms with van der Waals surface area (Å²) in [6, 6.07) is 12.6. The number of nitrogens with one attached hydrogen (secondary N) is 1. The van der Waals surface area contributed by atoms with Crippen molar-refractivity contribution in [2.75, 3.05) is 24.4 Å². The number of benzene rings is 2. The van der Waals surface area contributed by atoms with E-state index in [-0.39, 0.29) is 17.1 Å². The van der Waals surface area contributed by atoms with Crippen LogP contribution in [-0.2, 0) is 9.59 Å². The van der Waals surface area contributed by atoms with Crippen LogP contribution < -0.4 is 19.7 Å². The van der Waals surface area contributed by atoms with Gasteiger partial charge in [0, 0.05) is 36.2 Å². The van der Waals surface area contributed by atoms with Crippen LogP contribution in [0.2, 0.25) is 0 Å². The standard InChI is InChI=1S/C25H28N2O4/c1-15(28)27-20-9-7-6-8-18(20)26-19-13-25(2,3)14-21(29)23(19)24(27)17-11-10-16(30-4)12-22(17)31-5/h6-12,24,26H,13-14H2,1-5H3. The second-order valence-electron chi connectivity index (χ2n) is 8.87. The summed E-state index contributed by atoms with van der Waals surface area (Å²) >= 11 is 0. The summed E-state index contributed by atoms with van der Waals surface area (Å²) in [6.45, 7) is 5.72. The van der Waals surface area contributed by atoms with Gasteiger partial charge in [-0.2, -0.15) is 0 Å². The normalized spacial score (nSPS) is 19.7. The number of rotatable bonds is 3. The van der Waals surface area contributed by atoms with E-state index in [9.17, 15) is 9.59 Å². The Morgan fingerprint density at radius 1 is 1.10 bits per heavy atom. The Bertz CT molecular complexity index is 1090. The minimum Gasteiger partial charge on any atom is -0.497 e. The Morgan fingerprint density at radius 3 is 2.52 bits per heavy atom. The summed E-state index contributed by atoms with van der Waals surface area (Å²) in [6.07, 6.45) is 1.13. The molecule has 0 saturated carbocycles. The summed E-state index contributed by atoms with van der Waals surface area (Å²) in [7, 11) is 3.18. The van der Waals surface area contributed by atoms with E-state index >= 15 is 0 Å². The summed E-state index contributed by atoms with van der Waals surface area (Å²) < 4.78 is 11.0. The minimum atomic E-state index is -0.604.